The SMILES string of the molecule is CCS(=O)(=O)N1CCCC(CCO)C1. The Morgan fingerprint density at radius 2 is 2.21 bits per heavy atom. The van der Waals surface area contributed by atoms with Gasteiger partial charge in [-0.05, 0) is 32.1 Å². The Morgan fingerprint density at radius 1 is 1.50 bits per heavy atom. The van der Waals surface area contributed by atoms with E-state index in [4.69, 9.17) is 5.11 Å². The molecular formula is C9H19NO3S. The number of hydrogen-bond donors (Lipinski definition) is 1. The highest BCUT2D eigenvalue weighted by atomic mass is 32.2. The molecule has 0 radical (unpaired) electrons. The summed E-state index contributed by atoms with van der Waals surface area (Å²) < 4.78 is 24.7. The first-order valence-corrected chi connectivity index (χ1v) is 6.79. The molecule has 0 aromatic heterocycles. The largest absolute Gasteiger partial charge is 0.396 e. The zero-order valence-electron chi connectivity index (χ0n) is 8.65. The zero-order valence-corrected chi connectivity index (χ0v) is 9.46. The van der Waals surface area contributed by atoms with Crippen LogP contribution in [0.1, 0.15) is 26.2 Å². The number of piperidine rings is 1. The Hall–Kier alpha value is -0.130. The van der Waals surface area contributed by atoms with Crippen LogP contribution in [-0.4, -0.2) is 43.3 Å². The van der Waals surface area contributed by atoms with E-state index in [1.165, 1.54) is 0 Å². The van der Waals surface area contributed by atoms with Crippen LogP contribution >= 0.6 is 0 Å². The molecule has 84 valence electrons. The number of rotatable bonds is 4. The highest BCUT2D eigenvalue weighted by Gasteiger charge is 2.26. The molecule has 0 spiro atoms. The number of sulfonamides is 1. The van der Waals surface area contributed by atoms with Crippen molar-refractivity contribution < 1.29 is 13.5 Å². The first-order valence-electron chi connectivity index (χ1n) is 5.19. The molecule has 0 aromatic carbocycles. The van der Waals surface area contributed by atoms with E-state index in [2.05, 4.69) is 0 Å². The molecule has 1 unspecified atom stereocenters. The van der Waals surface area contributed by atoms with E-state index in [1.54, 1.807) is 11.2 Å². The van der Waals surface area contributed by atoms with E-state index in [-0.39, 0.29) is 12.4 Å². The lowest BCUT2D eigenvalue weighted by atomic mass is 9.97. The van der Waals surface area contributed by atoms with E-state index < -0.39 is 10.0 Å². The molecule has 1 atom stereocenters. The summed E-state index contributed by atoms with van der Waals surface area (Å²) in [6.07, 6.45) is 2.68. The molecule has 1 heterocycles. The molecule has 0 aromatic rings. The van der Waals surface area contributed by atoms with Gasteiger partial charge in [-0.25, -0.2) is 12.7 Å². The van der Waals surface area contributed by atoms with Gasteiger partial charge in [0.15, 0.2) is 0 Å². The van der Waals surface area contributed by atoms with Gasteiger partial charge in [-0.1, -0.05) is 0 Å². The third-order valence-electron chi connectivity index (χ3n) is 2.78. The molecule has 0 bridgehead atoms. The monoisotopic (exact) mass is 221 g/mol. The second-order valence-corrected chi connectivity index (χ2v) is 6.04. The molecular weight excluding hydrogens is 202 g/mol. The smallest absolute Gasteiger partial charge is 0.213 e. The lowest BCUT2D eigenvalue weighted by molar-refractivity contribution is 0.203. The summed E-state index contributed by atoms with van der Waals surface area (Å²) in [5.41, 5.74) is 0. The van der Waals surface area contributed by atoms with Gasteiger partial charge in [0.05, 0.1) is 5.75 Å². The van der Waals surface area contributed by atoms with E-state index in [1.807, 2.05) is 0 Å². The van der Waals surface area contributed by atoms with Crippen molar-refractivity contribution in [3.63, 3.8) is 0 Å². The number of hydrogen-bond acceptors (Lipinski definition) is 3. The lowest BCUT2D eigenvalue weighted by Gasteiger charge is -2.31. The van der Waals surface area contributed by atoms with Gasteiger partial charge in [0.1, 0.15) is 0 Å². The first-order chi connectivity index (χ1) is 6.60. The van der Waals surface area contributed by atoms with Crippen molar-refractivity contribution in [2.45, 2.75) is 26.2 Å². The van der Waals surface area contributed by atoms with Gasteiger partial charge in [-0.3, -0.25) is 0 Å². The maximum absolute atomic E-state index is 11.6. The van der Waals surface area contributed by atoms with Crippen molar-refractivity contribution in [1.82, 2.24) is 4.31 Å². The van der Waals surface area contributed by atoms with Crippen LogP contribution in [0.2, 0.25) is 0 Å². The quantitative estimate of drug-likeness (QED) is 0.749. The van der Waals surface area contributed by atoms with Gasteiger partial charge < -0.3 is 5.11 Å². The topological polar surface area (TPSA) is 57.6 Å². The van der Waals surface area contributed by atoms with Gasteiger partial charge in [-0.15, -0.1) is 0 Å². The minimum absolute atomic E-state index is 0.157. The molecule has 1 N–H and O–H groups in total. The van der Waals surface area contributed by atoms with Crippen molar-refractivity contribution in [2.75, 3.05) is 25.4 Å². The van der Waals surface area contributed by atoms with Crippen molar-refractivity contribution in [3.8, 4) is 0 Å². The van der Waals surface area contributed by atoms with Crippen LogP contribution in [0, 0.1) is 5.92 Å². The molecule has 1 rings (SSSR count). The Morgan fingerprint density at radius 3 is 2.79 bits per heavy atom. The van der Waals surface area contributed by atoms with Gasteiger partial charge in [0, 0.05) is 19.7 Å². The maximum Gasteiger partial charge on any atom is 0.213 e. The molecule has 0 amide bonds. The van der Waals surface area contributed by atoms with Gasteiger partial charge in [0.25, 0.3) is 0 Å². The summed E-state index contributed by atoms with van der Waals surface area (Å²) in [5, 5.41) is 8.80. The second-order valence-electron chi connectivity index (χ2n) is 3.78. The molecule has 0 saturated carbocycles. The van der Waals surface area contributed by atoms with Crippen molar-refractivity contribution in [3.05, 3.63) is 0 Å². The number of nitrogens with zero attached hydrogens (tertiary/aromatic N) is 1. The average Bonchev–Trinajstić information content (AvgIpc) is 2.19. The maximum atomic E-state index is 11.6. The minimum atomic E-state index is -3.02. The predicted molar refractivity (Wildman–Crippen MR) is 55.5 cm³/mol. The number of aliphatic hydroxyl groups excluding tert-OH is 1. The predicted octanol–water partition coefficient (Wildman–Crippen LogP) is 0.430. The van der Waals surface area contributed by atoms with E-state index in [9.17, 15) is 8.42 Å². The summed E-state index contributed by atoms with van der Waals surface area (Å²) >= 11 is 0. The van der Waals surface area contributed by atoms with Crippen molar-refractivity contribution in [1.29, 1.82) is 0 Å². The second kappa shape index (κ2) is 5.09. The third-order valence-corrected chi connectivity index (χ3v) is 4.63. The van der Waals surface area contributed by atoms with Crippen molar-refractivity contribution in [2.24, 2.45) is 5.92 Å². The fourth-order valence-electron chi connectivity index (χ4n) is 1.88. The van der Waals surface area contributed by atoms with Gasteiger partial charge in [0.2, 0.25) is 10.0 Å². The minimum Gasteiger partial charge on any atom is -0.396 e. The molecule has 0 aliphatic carbocycles. The van der Waals surface area contributed by atoms with Crippen LogP contribution in [-0.2, 0) is 10.0 Å². The normalized spacial score (nSPS) is 25.1. The van der Waals surface area contributed by atoms with E-state index >= 15 is 0 Å². The Labute approximate surface area is 86.0 Å². The molecule has 4 nitrogen and oxygen atoms in total. The first kappa shape index (κ1) is 11.9. The molecule has 5 heteroatoms. The molecule has 1 saturated heterocycles. The summed E-state index contributed by atoms with van der Waals surface area (Å²) in [5.74, 6) is 0.522. The number of aliphatic hydroxyl groups is 1. The van der Waals surface area contributed by atoms with Crippen LogP contribution in [0.5, 0.6) is 0 Å². The summed E-state index contributed by atoms with van der Waals surface area (Å²) in [7, 11) is -3.02. The van der Waals surface area contributed by atoms with Crippen molar-refractivity contribution >= 4 is 10.0 Å². The Balaban J connectivity index is 2.56. The van der Waals surface area contributed by atoms with E-state index in [0.29, 0.717) is 19.0 Å². The molecule has 1 fully saturated rings. The summed E-state index contributed by atoms with van der Waals surface area (Å²) in [6, 6.07) is 0. The average molecular weight is 221 g/mol. The fraction of sp³-hybridized carbons (Fsp3) is 1.00. The molecule has 14 heavy (non-hydrogen) atoms. The fourth-order valence-corrected chi connectivity index (χ4v) is 3.09. The van der Waals surface area contributed by atoms with Crippen LogP contribution in [0.3, 0.4) is 0 Å². The highest BCUT2D eigenvalue weighted by molar-refractivity contribution is 7.89. The van der Waals surface area contributed by atoms with Crippen LogP contribution in [0.15, 0.2) is 0 Å². The summed E-state index contributed by atoms with van der Waals surface area (Å²) in [6.45, 7) is 3.07. The molecule has 1 aliphatic rings. The highest BCUT2D eigenvalue weighted by Crippen LogP contribution is 2.21. The van der Waals surface area contributed by atoms with Crippen LogP contribution in [0.25, 0.3) is 0 Å². The Kier molecular flexibility index (Phi) is 4.34. The zero-order chi connectivity index (χ0) is 10.6. The molecule has 1 aliphatic heterocycles. The van der Waals surface area contributed by atoms with Gasteiger partial charge in [-0.2, -0.15) is 0 Å². The standard InChI is InChI=1S/C9H19NO3S/c1-2-14(12,13)10-6-3-4-9(8-10)5-7-11/h9,11H,2-8H2,1H3. The lowest BCUT2D eigenvalue weighted by Crippen LogP contribution is -2.40. The summed E-state index contributed by atoms with van der Waals surface area (Å²) in [4.78, 5) is 0. The third kappa shape index (κ3) is 2.93. The Bertz CT molecular complexity index is 261. The van der Waals surface area contributed by atoms with Gasteiger partial charge >= 0.3 is 0 Å². The van der Waals surface area contributed by atoms with E-state index in [0.717, 1.165) is 19.3 Å². The van der Waals surface area contributed by atoms with Crippen LogP contribution < -0.4 is 0 Å². The van der Waals surface area contributed by atoms with Crippen LogP contribution in [0.4, 0.5) is 0 Å².